The predicted octanol–water partition coefficient (Wildman–Crippen LogP) is 3.34. The van der Waals surface area contributed by atoms with Gasteiger partial charge in [0.1, 0.15) is 11.9 Å². The molecular weight excluding hydrogens is 299 g/mol. The minimum absolute atomic E-state index is 0.0121. The van der Waals surface area contributed by atoms with Crippen LogP contribution in [0.4, 0.5) is 13.2 Å². The zero-order valence-electron chi connectivity index (χ0n) is 8.80. The maximum Gasteiger partial charge on any atom is 0.416 e. The van der Waals surface area contributed by atoms with Gasteiger partial charge in [-0.2, -0.15) is 13.2 Å². The molecule has 0 saturated heterocycles. The molecule has 1 aliphatic carbocycles. The van der Waals surface area contributed by atoms with E-state index in [9.17, 15) is 13.2 Å². The molecule has 1 aliphatic rings. The van der Waals surface area contributed by atoms with Gasteiger partial charge in [-0.05, 0) is 47.0 Å². The SMILES string of the molecule is NC1CC(Oc2ccc(C(F)(F)F)cc2Br)C1. The van der Waals surface area contributed by atoms with Crippen molar-refractivity contribution in [2.45, 2.75) is 31.2 Å². The molecule has 0 aliphatic heterocycles. The molecule has 0 aromatic heterocycles. The Labute approximate surface area is 105 Å². The molecule has 0 radical (unpaired) electrons. The highest BCUT2D eigenvalue weighted by atomic mass is 79.9. The average molecular weight is 310 g/mol. The van der Waals surface area contributed by atoms with Crippen molar-refractivity contribution in [2.75, 3.05) is 0 Å². The van der Waals surface area contributed by atoms with Crippen molar-refractivity contribution in [1.29, 1.82) is 0 Å². The molecular formula is C11H11BrF3NO. The van der Waals surface area contributed by atoms with Crippen LogP contribution < -0.4 is 10.5 Å². The first-order valence-electron chi connectivity index (χ1n) is 5.15. The van der Waals surface area contributed by atoms with Gasteiger partial charge >= 0.3 is 6.18 Å². The number of benzene rings is 1. The number of rotatable bonds is 2. The third-order valence-electron chi connectivity index (χ3n) is 2.68. The lowest BCUT2D eigenvalue weighted by Crippen LogP contribution is -2.43. The van der Waals surface area contributed by atoms with Gasteiger partial charge in [0.2, 0.25) is 0 Å². The lowest BCUT2D eigenvalue weighted by atomic mass is 9.90. The van der Waals surface area contributed by atoms with Crippen LogP contribution in [0.15, 0.2) is 22.7 Å². The number of ether oxygens (including phenoxy) is 1. The molecule has 0 heterocycles. The molecule has 17 heavy (non-hydrogen) atoms. The van der Waals surface area contributed by atoms with E-state index in [1.807, 2.05) is 0 Å². The summed E-state index contributed by atoms with van der Waals surface area (Å²) in [7, 11) is 0. The first-order valence-corrected chi connectivity index (χ1v) is 5.94. The van der Waals surface area contributed by atoms with Crippen molar-refractivity contribution < 1.29 is 17.9 Å². The van der Waals surface area contributed by atoms with Crippen LogP contribution in [0.25, 0.3) is 0 Å². The molecule has 2 N–H and O–H groups in total. The average Bonchev–Trinajstić information content (AvgIpc) is 2.16. The zero-order valence-corrected chi connectivity index (χ0v) is 10.4. The molecule has 0 bridgehead atoms. The van der Waals surface area contributed by atoms with Crippen molar-refractivity contribution in [2.24, 2.45) is 5.73 Å². The molecule has 0 spiro atoms. The van der Waals surface area contributed by atoms with Gasteiger partial charge in [-0.15, -0.1) is 0 Å². The van der Waals surface area contributed by atoms with Crippen molar-refractivity contribution in [3.63, 3.8) is 0 Å². The Morgan fingerprint density at radius 2 is 1.94 bits per heavy atom. The lowest BCUT2D eigenvalue weighted by molar-refractivity contribution is -0.137. The number of hydrogen-bond acceptors (Lipinski definition) is 2. The quantitative estimate of drug-likeness (QED) is 0.909. The van der Waals surface area contributed by atoms with E-state index >= 15 is 0 Å². The Hall–Kier alpha value is -0.750. The van der Waals surface area contributed by atoms with Crippen LogP contribution >= 0.6 is 15.9 Å². The molecule has 94 valence electrons. The maximum absolute atomic E-state index is 12.4. The van der Waals surface area contributed by atoms with E-state index in [0.717, 1.165) is 25.0 Å². The smallest absolute Gasteiger partial charge is 0.416 e. The van der Waals surface area contributed by atoms with Gasteiger partial charge in [-0.3, -0.25) is 0 Å². The fourth-order valence-corrected chi connectivity index (χ4v) is 2.13. The number of halogens is 4. The van der Waals surface area contributed by atoms with E-state index in [-0.39, 0.29) is 12.1 Å². The molecule has 1 fully saturated rings. The molecule has 2 rings (SSSR count). The summed E-state index contributed by atoms with van der Waals surface area (Å²) in [4.78, 5) is 0. The van der Waals surface area contributed by atoms with Gasteiger partial charge < -0.3 is 10.5 Å². The van der Waals surface area contributed by atoms with Gasteiger partial charge in [0.05, 0.1) is 10.0 Å². The molecule has 1 saturated carbocycles. The third kappa shape index (κ3) is 2.93. The Balaban J connectivity index is 2.09. The van der Waals surface area contributed by atoms with Gasteiger partial charge in [0.25, 0.3) is 0 Å². The molecule has 6 heteroatoms. The standard InChI is InChI=1S/C11H11BrF3NO/c12-9-3-6(11(13,14)15)1-2-10(9)17-8-4-7(16)5-8/h1-3,7-8H,4-5,16H2. The summed E-state index contributed by atoms with van der Waals surface area (Å²) in [6.07, 6.45) is -2.83. The largest absolute Gasteiger partial charge is 0.489 e. The minimum Gasteiger partial charge on any atom is -0.489 e. The first-order chi connectivity index (χ1) is 7.86. The fraction of sp³-hybridized carbons (Fsp3) is 0.455. The van der Waals surface area contributed by atoms with Gasteiger partial charge in [0, 0.05) is 6.04 Å². The molecule has 0 amide bonds. The van der Waals surface area contributed by atoms with Crippen molar-refractivity contribution >= 4 is 15.9 Å². The topological polar surface area (TPSA) is 35.2 Å². The summed E-state index contributed by atoms with van der Waals surface area (Å²) in [5.74, 6) is 0.426. The second-order valence-electron chi connectivity index (χ2n) is 4.11. The monoisotopic (exact) mass is 309 g/mol. The number of nitrogens with two attached hydrogens (primary N) is 1. The Morgan fingerprint density at radius 3 is 2.41 bits per heavy atom. The van der Waals surface area contributed by atoms with Gasteiger partial charge in [-0.1, -0.05) is 0 Å². The molecule has 2 nitrogen and oxygen atoms in total. The highest BCUT2D eigenvalue weighted by Crippen LogP contribution is 2.36. The van der Waals surface area contributed by atoms with E-state index in [2.05, 4.69) is 15.9 Å². The second kappa shape index (κ2) is 4.49. The third-order valence-corrected chi connectivity index (χ3v) is 3.30. The summed E-state index contributed by atoms with van der Waals surface area (Å²) in [5.41, 5.74) is 4.91. The van der Waals surface area contributed by atoms with Crippen molar-refractivity contribution in [1.82, 2.24) is 0 Å². The lowest BCUT2D eigenvalue weighted by Gasteiger charge is -2.32. The summed E-state index contributed by atoms with van der Waals surface area (Å²) >= 11 is 3.08. The Morgan fingerprint density at radius 1 is 1.29 bits per heavy atom. The summed E-state index contributed by atoms with van der Waals surface area (Å²) in [5, 5.41) is 0. The van der Waals surface area contributed by atoms with Crippen LogP contribution in [-0.4, -0.2) is 12.1 Å². The van der Waals surface area contributed by atoms with Crippen molar-refractivity contribution in [3.8, 4) is 5.75 Å². The first kappa shape index (κ1) is 12.7. The number of alkyl halides is 3. The van der Waals surface area contributed by atoms with Crippen LogP contribution in [0.1, 0.15) is 18.4 Å². The van der Waals surface area contributed by atoms with Crippen LogP contribution in [0, 0.1) is 0 Å². The van der Waals surface area contributed by atoms with Gasteiger partial charge in [0.15, 0.2) is 0 Å². The van der Waals surface area contributed by atoms with Crippen molar-refractivity contribution in [3.05, 3.63) is 28.2 Å². The summed E-state index contributed by atoms with van der Waals surface area (Å²) in [6.45, 7) is 0. The normalized spacial score (nSPS) is 24.3. The van der Waals surface area contributed by atoms with E-state index in [4.69, 9.17) is 10.5 Å². The van der Waals surface area contributed by atoms with Crippen LogP contribution in [0.2, 0.25) is 0 Å². The Kier molecular flexibility index (Phi) is 3.36. The van der Waals surface area contributed by atoms with E-state index < -0.39 is 11.7 Å². The predicted molar refractivity (Wildman–Crippen MR) is 60.8 cm³/mol. The van der Waals surface area contributed by atoms with Gasteiger partial charge in [-0.25, -0.2) is 0 Å². The van der Waals surface area contributed by atoms with Crippen LogP contribution in [0.5, 0.6) is 5.75 Å². The zero-order chi connectivity index (χ0) is 12.6. The molecule has 0 atom stereocenters. The Bertz CT molecular complexity index is 416. The van der Waals surface area contributed by atoms with Crippen LogP contribution in [0.3, 0.4) is 0 Å². The van der Waals surface area contributed by atoms with E-state index in [1.165, 1.54) is 6.07 Å². The van der Waals surface area contributed by atoms with E-state index in [1.54, 1.807) is 0 Å². The highest BCUT2D eigenvalue weighted by Gasteiger charge is 2.32. The molecule has 1 aromatic carbocycles. The fourth-order valence-electron chi connectivity index (χ4n) is 1.65. The number of hydrogen-bond donors (Lipinski definition) is 1. The summed E-state index contributed by atoms with van der Waals surface area (Å²) < 4.78 is 43.1. The molecule has 1 aromatic rings. The maximum atomic E-state index is 12.4. The minimum atomic E-state index is -4.33. The molecule has 0 unspecified atom stereocenters. The summed E-state index contributed by atoms with van der Waals surface area (Å²) in [6, 6.07) is 3.51. The highest BCUT2D eigenvalue weighted by molar-refractivity contribution is 9.10. The second-order valence-corrected chi connectivity index (χ2v) is 4.97. The van der Waals surface area contributed by atoms with E-state index in [0.29, 0.717) is 10.2 Å². The van der Waals surface area contributed by atoms with Crippen LogP contribution in [-0.2, 0) is 6.18 Å².